The first-order valence-corrected chi connectivity index (χ1v) is 12.2. The lowest BCUT2D eigenvalue weighted by molar-refractivity contribution is -0.164. The normalized spacial score (nSPS) is 36.6. The van der Waals surface area contributed by atoms with Crippen LogP contribution in [0.2, 0.25) is 0 Å². The molecule has 0 saturated carbocycles. The van der Waals surface area contributed by atoms with Crippen molar-refractivity contribution in [3.8, 4) is 0 Å². The summed E-state index contributed by atoms with van der Waals surface area (Å²) in [5.41, 5.74) is -3.88. The van der Waals surface area contributed by atoms with Crippen molar-refractivity contribution in [1.29, 1.82) is 0 Å². The fourth-order valence-corrected chi connectivity index (χ4v) is 6.36. The first kappa shape index (κ1) is 23.6. The Balaban J connectivity index is 1.76. The molecule has 0 aliphatic carbocycles. The van der Waals surface area contributed by atoms with Gasteiger partial charge >= 0.3 is 29.2 Å². The average molecular weight is 498 g/mol. The lowest BCUT2D eigenvalue weighted by Crippen LogP contribution is -2.51. The van der Waals surface area contributed by atoms with E-state index in [0.29, 0.717) is 4.57 Å². The summed E-state index contributed by atoms with van der Waals surface area (Å²) < 4.78 is 71.8. The predicted octanol–water partition coefficient (Wildman–Crippen LogP) is -1.12. The molecule has 0 bridgehead atoms. The molecule has 2 saturated heterocycles. The van der Waals surface area contributed by atoms with Crippen LogP contribution < -0.4 is 11.2 Å². The van der Waals surface area contributed by atoms with Gasteiger partial charge in [-0.15, -0.1) is 0 Å². The van der Waals surface area contributed by atoms with E-state index in [4.69, 9.17) is 14.5 Å². The standard InChI is InChI=1S/C10H14FN2O14P3/c11-6-7(15)10(25-8(6)13-2-1-5(14)12-9(13)16)3-23-30(22,24-4-10)27-29(20,21)26-28(17,18)19/h1-2,6-8,15H,3-4H2,(H,20,21)(H,12,14,16)(H2,17,18,19)/t6-,7+,8-,10?,30?/m1/s1. The second-order valence-electron chi connectivity index (χ2n) is 6.10. The number of aromatic nitrogens is 2. The highest BCUT2D eigenvalue weighted by Gasteiger charge is 2.61. The second-order valence-corrected chi connectivity index (χ2v) is 10.7. The number of halogens is 1. The van der Waals surface area contributed by atoms with Gasteiger partial charge in [0.05, 0.1) is 13.2 Å². The average Bonchev–Trinajstić information content (AvgIpc) is 2.81. The Kier molecular flexibility index (Phi) is 6.15. The largest absolute Gasteiger partial charge is 0.490 e. The molecular formula is C10H14FN2O14P3. The van der Waals surface area contributed by atoms with Crippen molar-refractivity contribution < 1.29 is 60.3 Å². The minimum Gasteiger partial charge on any atom is -0.387 e. The molecule has 3 rings (SSSR count). The van der Waals surface area contributed by atoms with Crippen LogP contribution in [0.5, 0.6) is 0 Å². The number of nitrogens with one attached hydrogen (secondary N) is 1. The topological polar surface area (TPSA) is 233 Å². The molecule has 0 radical (unpaired) electrons. The molecule has 30 heavy (non-hydrogen) atoms. The zero-order valence-electron chi connectivity index (χ0n) is 14.3. The van der Waals surface area contributed by atoms with Crippen LogP contribution in [-0.4, -0.2) is 60.4 Å². The summed E-state index contributed by atoms with van der Waals surface area (Å²) in [5, 5.41) is 10.2. The zero-order valence-corrected chi connectivity index (χ0v) is 17.0. The van der Waals surface area contributed by atoms with E-state index in [2.05, 4.69) is 17.7 Å². The highest BCUT2D eigenvalue weighted by atomic mass is 31.3. The summed E-state index contributed by atoms with van der Waals surface area (Å²) >= 11 is 0. The number of hydrogen-bond acceptors (Lipinski definition) is 11. The predicted molar refractivity (Wildman–Crippen MR) is 88.6 cm³/mol. The number of hydrogen-bond donors (Lipinski definition) is 5. The summed E-state index contributed by atoms with van der Waals surface area (Å²) in [6.45, 7) is -1.90. The highest BCUT2D eigenvalue weighted by Crippen LogP contribution is 2.69. The van der Waals surface area contributed by atoms with Crippen molar-refractivity contribution in [2.24, 2.45) is 0 Å². The lowest BCUT2D eigenvalue weighted by Gasteiger charge is -2.37. The van der Waals surface area contributed by atoms with Crippen LogP contribution in [0.3, 0.4) is 0 Å². The van der Waals surface area contributed by atoms with Crippen molar-refractivity contribution in [3.05, 3.63) is 33.1 Å². The van der Waals surface area contributed by atoms with Crippen LogP contribution >= 0.6 is 23.5 Å². The van der Waals surface area contributed by atoms with Crippen LogP contribution in [0, 0.1) is 0 Å². The Labute approximate surface area is 164 Å². The fourth-order valence-electron chi connectivity index (χ4n) is 2.68. The van der Waals surface area contributed by atoms with Crippen molar-refractivity contribution in [2.75, 3.05) is 13.2 Å². The first-order valence-electron chi connectivity index (χ1n) is 7.67. The summed E-state index contributed by atoms with van der Waals surface area (Å²) in [6.07, 6.45) is -5.11. The van der Waals surface area contributed by atoms with Crippen LogP contribution in [0.15, 0.2) is 21.9 Å². The Bertz CT molecular complexity index is 1070. The molecule has 1 unspecified atom stereocenters. The van der Waals surface area contributed by atoms with Crippen molar-refractivity contribution in [3.63, 3.8) is 0 Å². The Hall–Kier alpha value is -1.06. The zero-order chi connectivity index (χ0) is 22.5. The molecule has 1 aromatic heterocycles. The molecule has 1 aromatic rings. The number of aliphatic hydroxyl groups excluding tert-OH is 1. The molecule has 0 aromatic carbocycles. The Morgan fingerprint density at radius 3 is 2.40 bits per heavy atom. The molecule has 2 aliphatic rings. The lowest BCUT2D eigenvalue weighted by atomic mass is 9.98. The third-order valence-corrected chi connectivity index (χ3v) is 8.13. The van der Waals surface area contributed by atoms with E-state index in [1.807, 2.05) is 4.98 Å². The molecule has 1 spiro atoms. The number of aliphatic hydroxyl groups is 1. The molecule has 170 valence electrons. The number of phosphoric acid groups is 3. The molecular weight excluding hydrogens is 484 g/mol. The number of nitrogens with zero attached hydrogens (tertiary/aromatic N) is 1. The monoisotopic (exact) mass is 498 g/mol. The van der Waals surface area contributed by atoms with Gasteiger partial charge in [0.1, 0.15) is 11.7 Å². The van der Waals surface area contributed by atoms with E-state index >= 15 is 0 Å². The quantitative estimate of drug-likeness (QED) is 0.303. The molecule has 20 heteroatoms. The molecule has 2 fully saturated rings. The number of phosphoric ester groups is 1. The maximum absolute atomic E-state index is 14.6. The summed E-state index contributed by atoms with van der Waals surface area (Å²) in [5.74, 6) is 0. The molecule has 5 N–H and O–H groups in total. The molecule has 3 heterocycles. The Morgan fingerprint density at radius 1 is 1.27 bits per heavy atom. The molecule has 4 atom stereocenters. The van der Waals surface area contributed by atoms with Gasteiger partial charge in [0.25, 0.3) is 5.56 Å². The van der Waals surface area contributed by atoms with Gasteiger partial charge in [-0.2, -0.15) is 8.62 Å². The third-order valence-electron chi connectivity index (χ3n) is 3.94. The second kappa shape index (κ2) is 7.81. The van der Waals surface area contributed by atoms with Gasteiger partial charge < -0.3 is 24.5 Å². The fraction of sp³-hybridized carbons (Fsp3) is 0.600. The number of rotatable bonds is 5. The Morgan fingerprint density at radius 2 is 1.87 bits per heavy atom. The molecule has 2 aliphatic heterocycles. The first-order chi connectivity index (χ1) is 13.7. The van der Waals surface area contributed by atoms with Gasteiger partial charge in [0.2, 0.25) is 0 Å². The SMILES string of the molecule is O=c1ccn([C@@H]2OC3(COP(=O)(OP(=O)(O)OP(=O)(O)O)OC3)[C@@H](O)[C@H]2F)c(=O)[nH]1. The van der Waals surface area contributed by atoms with E-state index in [-0.39, 0.29) is 0 Å². The van der Waals surface area contributed by atoms with Gasteiger partial charge in [-0.25, -0.2) is 22.9 Å². The summed E-state index contributed by atoms with van der Waals surface area (Å²) in [7, 11) is -16.1. The van der Waals surface area contributed by atoms with Crippen molar-refractivity contribution in [1.82, 2.24) is 9.55 Å². The van der Waals surface area contributed by atoms with Gasteiger partial charge in [-0.05, 0) is 0 Å². The van der Waals surface area contributed by atoms with Crippen LogP contribution in [-0.2, 0) is 36.1 Å². The van der Waals surface area contributed by atoms with Gasteiger partial charge in [0, 0.05) is 12.3 Å². The smallest absolute Gasteiger partial charge is 0.387 e. The minimum atomic E-state index is -5.62. The van der Waals surface area contributed by atoms with E-state index in [1.54, 1.807) is 0 Å². The van der Waals surface area contributed by atoms with E-state index in [1.165, 1.54) is 0 Å². The van der Waals surface area contributed by atoms with Crippen molar-refractivity contribution in [2.45, 2.75) is 24.1 Å². The van der Waals surface area contributed by atoms with Gasteiger partial charge in [-0.3, -0.25) is 23.4 Å². The number of H-pyrrole nitrogens is 1. The van der Waals surface area contributed by atoms with Gasteiger partial charge in [0.15, 0.2) is 12.4 Å². The van der Waals surface area contributed by atoms with Crippen LogP contribution in [0.25, 0.3) is 0 Å². The number of ether oxygens (including phenoxy) is 1. The maximum Gasteiger partial charge on any atom is 0.490 e. The number of alkyl halides is 1. The minimum absolute atomic E-state index is 0.629. The summed E-state index contributed by atoms with van der Waals surface area (Å²) in [6, 6.07) is 0.893. The van der Waals surface area contributed by atoms with E-state index < -0.39 is 72.0 Å². The molecule has 16 nitrogen and oxygen atoms in total. The van der Waals surface area contributed by atoms with Crippen LogP contribution in [0.1, 0.15) is 6.23 Å². The van der Waals surface area contributed by atoms with E-state index in [9.17, 15) is 37.7 Å². The maximum atomic E-state index is 14.6. The van der Waals surface area contributed by atoms with Gasteiger partial charge in [-0.1, -0.05) is 0 Å². The highest BCUT2D eigenvalue weighted by molar-refractivity contribution is 7.66. The number of aromatic amines is 1. The summed E-state index contributed by atoms with van der Waals surface area (Å²) in [4.78, 5) is 51.1. The van der Waals surface area contributed by atoms with Crippen molar-refractivity contribution >= 4 is 23.5 Å². The van der Waals surface area contributed by atoms with Crippen LogP contribution in [0.4, 0.5) is 4.39 Å². The molecule has 0 amide bonds. The third kappa shape index (κ3) is 4.88. The van der Waals surface area contributed by atoms with E-state index in [0.717, 1.165) is 12.3 Å².